The van der Waals surface area contributed by atoms with Gasteiger partial charge in [-0.15, -0.1) is 0 Å². The van der Waals surface area contributed by atoms with Gasteiger partial charge in [0.25, 0.3) is 0 Å². The summed E-state index contributed by atoms with van der Waals surface area (Å²) in [6, 6.07) is 0. The summed E-state index contributed by atoms with van der Waals surface area (Å²) in [6.45, 7) is 5.77. The minimum absolute atomic E-state index is 0.594. The van der Waals surface area contributed by atoms with Crippen LogP contribution in [0.25, 0.3) is 0 Å². The molecule has 11 heavy (non-hydrogen) atoms. The molecule has 0 heterocycles. The van der Waals surface area contributed by atoms with Crippen molar-refractivity contribution < 1.29 is 9.90 Å². The molecule has 0 spiro atoms. The summed E-state index contributed by atoms with van der Waals surface area (Å²) in [7, 11) is 0. The Morgan fingerprint density at radius 3 is 1.73 bits per heavy atom. The predicted octanol–water partition coefficient (Wildman–Crippen LogP) is 2.55. The molecular weight excluding hydrogens is 140 g/mol. The van der Waals surface area contributed by atoms with Crippen LogP contribution < -0.4 is 0 Å². The van der Waals surface area contributed by atoms with Gasteiger partial charge in [0.15, 0.2) is 0 Å². The van der Waals surface area contributed by atoms with E-state index >= 15 is 0 Å². The van der Waals surface area contributed by atoms with E-state index in [1.54, 1.807) is 6.92 Å². The standard InChI is InChI=1S/C9H17O2/c1-4-6-9(3,7-5-2)8(10)11/h4-7H2,1-3H3. The van der Waals surface area contributed by atoms with Crippen LogP contribution in [-0.2, 0) is 9.90 Å². The lowest BCUT2D eigenvalue weighted by Crippen LogP contribution is -2.26. The average molecular weight is 157 g/mol. The molecule has 0 aromatic heterocycles. The summed E-state index contributed by atoms with van der Waals surface area (Å²) in [5.41, 5.74) is -0.594. The van der Waals surface area contributed by atoms with Crippen molar-refractivity contribution in [3.8, 4) is 0 Å². The second-order valence-corrected chi connectivity index (χ2v) is 3.35. The van der Waals surface area contributed by atoms with Gasteiger partial charge in [-0.2, -0.15) is 0 Å². The highest BCUT2D eigenvalue weighted by Gasteiger charge is 2.32. The van der Waals surface area contributed by atoms with Crippen molar-refractivity contribution in [1.82, 2.24) is 0 Å². The SMILES string of the molecule is CCCC(C)(CCC)C([O])=O. The van der Waals surface area contributed by atoms with Crippen molar-refractivity contribution in [3.63, 3.8) is 0 Å². The van der Waals surface area contributed by atoms with Crippen LogP contribution in [0.3, 0.4) is 0 Å². The lowest BCUT2D eigenvalue weighted by atomic mass is 9.81. The van der Waals surface area contributed by atoms with Crippen molar-refractivity contribution >= 4 is 5.97 Å². The van der Waals surface area contributed by atoms with Crippen LogP contribution >= 0.6 is 0 Å². The van der Waals surface area contributed by atoms with E-state index < -0.39 is 11.4 Å². The van der Waals surface area contributed by atoms with Crippen LogP contribution in [0.5, 0.6) is 0 Å². The van der Waals surface area contributed by atoms with E-state index in [-0.39, 0.29) is 0 Å². The number of rotatable bonds is 5. The van der Waals surface area contributed by atoms with Crippen LogP contribution in [0.2, 0.25) is 0 Å². The number of carbonyl (C=O) groups excluding carboxylic acids is 1. The molecule has 0 rings (SSSR count). The molecule has 0 N–H and O–H groups in total. The van der Waals surface area contributed by atoms with Gasteiger partial charge in [-0.1, -0.05) is 26.7 Å². The summed E-state index contributed by atoms with van der Waals surface area (Å²) in [5, 5.41) is 10.7. The molecule has 0 atom stereocenters. The third-order valence-corrected chi connectivity index (χ3v) is 2.10. The molecule has 0 aliphatic heterocycles. The van der Waals surface area contributed by atoms with Gasteiger partial charge in [-0.05, 0) is 19.8 Å². The average Bonchev–Trinajstić information content (AvgIpc) is 1.88. The van der Waals surface area contributed by atoms with Crippen LogP contribution in [0.4, 0.5) is 0 Å². The minimum atomic E-state index is -0.902. The predicted molar refractivity (Wildman–Crippen MR) is 43.6 cm³/mol. The summed E-state index contributed by atoms with van der Waals surface area (Å²) < 4.78 is 0. The second kappa shape index (κ2) is 4.37. The Kier molecular flexibility index (Phi) is 4.16. The third kappa shape index (κ3) is 2.91. The number of carbonyl (C=O) groups is 1. The zero-order valence-electron chi connectivity index (χ0n) is 7.64. The lowest BCUT2D eigenvalue weighted by Gasteiger charge is -2.21. The molecular formula is C9H17O2. The van der Waals surface area contributed by atoms with Gasteiger partial charge in [0, 0.05) is 0 Å². The molecule has 0 unspecified atom stereocenters. The van der Waals surface area contributed by atoms with Gasteiger partial charge in [0.05, 0.1) is 5.41 Å². The Labute approximate surface area is 68.6 Å². The van der Waals surface area contributed by atoms with E-state index in [1.807, 2.05) is 13.8 Å². The Bertz CT molecular complexity index is 124. The maximum Gasteiger partial charge on any atom is 0.361 e. The highest BCUT2D eigenvalue weighted by atomic mass is 16.4. The molecule has 1 radical (unpaired) electrons. The maximum absolute atomic E-state index is 10.7. The highest BCUT2D eigenvalue weighted by Crippen LogP contribution is 2.29. The quantitative estimate of drug-likeness (QED) is 0.604. The van der Waals surface area contributed by atoms with E-state index in [0.717, 1.165) is 25.7 Å². The van der Waals surface area contributed by atoms with Crippen LogP contribution in [-0.4, -0.2) is 5.97 Å². The van der Waals surface area contributed by atoms with Gasteiger partial charge in [-0.25, -0.2) is 9.90 Å². The Morgan fingerprint density at radius 1 is 1.18 bits per heavy atom. The fraction of sp³-hybridized carbons (Fsp3) is 0.889. The first-order valence-electron chi connectivity index (χ1n) is 4.28. The zero-order chi connectivity index (χ0) is 8.91. The van der Waals surface area contributed by atoms with Crippen LogP contribution in [0.15, 0.2) is 0 Å². The third-order valence-electron chi connectivity index (χ3n) is 2.10. The topological polar surface area (TPSA) is 37.0 Å². The Hall–Kier alpha value is -0.530. The molecule has 0 bridgehead atoms. The summed E-state index contributed by atoms with van der Waals surface area (Å²) in [4.78, 5) is 10.7. The first-order chi connectivity index (χ1) is 5.06. The van der Waals surface area contributed by atoms with E-state index in [9.17, 15) is 9.90 Å². The van der Waals surface area contributed by atoms with Crippen molar-refractivity contribution in [2.75, 3.05) is 0 Å². The van der Waals surface area contributed by atoms with Gasteiger partial charge in [0.1, 0.15) is 0 Å². The monoisotopic (exact) mass is 157 g/mol. The van der Waals surface area contributed by atoms with E-state index in [2.05, 4.69) is 0 Å². The minimum Gasteiger partial charge on any atom is -0.247 e. The molecule has 0 aliphatic carbocycles. The van der Waals surface area contributed by atoms with E-state index in [1.165, 1.54) is 0 Å². The largest absolute Gasteiger partial charge is 0.361 e. The molecule has 0 aromatic rings. The molecule has 0 aromatic carbocycles. The zero-order valence-corrected chi connectivity index (χ0v) is 7.64. The molecule has 0 saturated heterocycles. The van der Waals surface area contributed by atoms with Crippen LogP contribution in [0.1, 0.15) is 46.5 Å². The highest BCUT2D eigenvalue weighted by molar-refractivity contribution is 5.73. The first-order valence-corrected chi connectivity index (χ1v) is 4.28. The van der Waals surface area contributed by atoms with Crippen molar-refractivity contribution in [3.05, 3.63) is 0 Å². The second-order valence-electron chi connectivity index (χ2n) is 3.35. The smallest absolute Gasteiger partial charge is 0.247 e. The van der Waals surface area contributed by atoms with Gasteiger partial charge in [-0.3, -0.25) is 0 Å². The summed E-state index contributed by atoms with van der Waals surface area (Å²) in [5.74, 6) is -0.902. The van der Waals surface area contributed by atoms with Gasteiger partial charge >= 0.3 is 5.97 Å². The Balaban J connectivity index is 4.13. The lowest BCUT2D eigenvalue weighted by molar-refractivity contribution is -0.155. The first kappa shape index (κ1) is 10.5. The normalized spacial score (nSPS) is 11.5. The summed E-state index contributed by atoms with van der Waals surface area (Å²) in [6.07, 6.45) is 3.27. The fourth-order valence-electron chi connectivity index (χ4n) is 1.43. The molecule has 2 heteroatoms. The molecule has 0 aliphatic rings. The van der Waals surface area contributed by atoms with Gasteiger partial charge < -0.3 is 0 Å². The van der Waals surface area contributed by atoms with Crippen LogP contribution in [0, 0.1) is 5.41 Å². The van der Waals surface area contributed by atoms with E-state index in [0.29, 0.717) is 0 Å². The van der Waals surface area contributed by atoms with Gasteiger partial charge in [0.2, 0.25) is 0 Å². The van der Waals surface area contributed by atoms with E-state index in [4.69, 9.17) is 0 Å². The fourth-order valence-corrected chi connectivity index (χ4v) is 1.43. The number of hydrogen-bond acceptors (Lipinski definition) is 1. The molecule has 2 nitrogen and oxygen atoms in total. The molecule has 0 fully saturated rings. The van der Waals surface area contributed by atoms with Crippen molar-refractivity contribution in [2.45, 2.75) is 46.5 Å². The molecule has 0 amide bonds. The van der Waals surface area contributed by atoms with Crippen molar-refractivity contribution in [1.29, 1.82) is 0 Å². The van der Waals surface area contributed by atoms with Crippen molar-refractivity contribution in [2.24, 2.45) is 5.41 Å². The Morgan fingerprint density at radius 2 is 1.55 bits per heavy atom. The number of hydrogen-bond donors (Lipinski definition) is 0. The molecule has 0 saturated carbocycles. The molecule has 65 valence electrons. The summed E-state index contributed by atoms with van der Waals surface area (Å²) >= 11 is 0. The maximum atomic E-state index is 10.7.